The topological polar surface area (TPSA) is 96.3 Å². The SMILES string of the molecule is CCCN1C(=O)C(=O)/C(=C(\O)c2ccc(OC(C)C)cc2)C1c1cccc(OCCO)c1. The highest BCUT2D eigenvalue weighted by atomic mass is 16.5. The number of hydrogen-bond donors (Lipinski definition) is 2. The molecular weight excluding hydrogens is 410 g/mol. The maximum atomic E-state index is 13.0. The second kappa shape index (κ2) is 10.3. The largest absolute Gasteiger partial charge is 0.507 e. The zero-order valence-electron chi connectivity index (χ0n) is 18.6. The molecule has 1 amide bonds. The minimum atomic E-state index is -0.737. The number of ether oxygens (including phenoxy) is 2. The molecule has 2 aromatic rings. The fraction of sp³-hybridized carbons (Fsp3) is 0.360. The van der Waals surface area contributed by atoms with Crippen molar-refractivity contribution in [3.63, 3.8) is 0 Å². The molecule has 7 heteroatoms. The van der Waals surface area contributed by atoms with E-state index in [2.05, 4.69) is 0 Å². The van der Waals surface area contributed by atoms with Gasteiger partial charge in [-0.1, -0.05) is 19.1 Å². The van der Waals surface area contributed by atoms with Gasteiger partial charge in [0.15, 0.2) is 0 Å². The normalized spacial score (nSPS) is 17.8. The van der Waals surface area contributed by atoms with Crippen molar-refractivity contribution in [2.45, 2.75) is 39.3 Å². The number of aliphatic hydroxyl groups excluding tert-OH is 2. The molecule has 0 radical (unpaired) electrons. The van der Waals surface area contributed by atoms with Crippen LogP contribution in [0, 0.1) is 0 Å². The van der Waals surface area contributed by atoms with Gasteiger partial charge < -0.3 is 24.6 Å². The molecule has 1 aliphatic heterocycles. The first-order valence-corrected chi connectivity index (χ1v) is 10.8. The zero-order valence-corrected chi connectivity index (χ0v) is 18.6. The summed E-state index contributed by atoms with van der Waals surface area (Å²) >= 11 is 0. The molecule has 0 spiro atoms. The predicted octanol–water partition coefficient (Wildman–Crippen LogP) is 3.68. The lowest BCUT2D eigenvalue weighted by atomic mass is 9.95. The van der Waals surface area contributed by atoms with Crippen LogP contribution < -0.4 is 9.47 Å². The van der Waals surface area contributed by atoms with Gasteiger partial charge in [0.25, 0.3) is 11.7 Å². The molecule has 1 heterocycles. The van der Waals surface area contributed by atoms with E-state index >= 15 is 0 Å². The number of likely N-dealkylation sites (tertiary alicyclic amines) is 1. The predicted molar refractivity (Wildman–Crippen MR) is 121 cm³/mol. The van der Waals surface area contributed by atoms with Crippen molar-refractivity contribution < 1.29 is 29.3 Å². The van der Waals surface area contributed by atoms with E-state index in [-0.39, 0.29) is 30.6 Å². The summed E-state index contributed by atoms with van der Waals surface area (Å²) in [6.45, 7) is 6.13. The fourth-order valence-corrected chi connectivity index (χ4v) is 3.76. The number of amides is 1. The molecule has 2 aromatic carbocycles. The molecule has 1 fully saturated rings. The number of hydrogen-bond acceptors (Lipinski definition) is 6. The van der Waals surface area contributed by atoms with E-state index < -0.39 is 17.7 Å². The highest BCUT2D eigenvalue weighted by molar-refractivity contribution is 6.46. The number of benzene rings is 2. The Morgan fingerprint density at radius 1 is 1.09 bits per heavy atom. The van der Waals surface area contributed by atoms with Crippen LogP contribution in [0.15, 0.2) is 54.1 Å². The number of Topliss-reactive ketones (excluding diaryl/α,β-unsaturated/α-hetero) is 1. The van der Waals surface area contributed by atoms with E-state index in [1.165, 1.54) is 4.90 Å². The Morgan fingerprint density at radius 3 is 2.44 bits per heavy atom. The number of carbonyl (C=O) groups is 2. The summed E-state index contributed by atoms with van der Waals surface area (Å²) in [4.78, 5) is 27.2. The van der Waals surface area contributed by atoms with Gasteiger partial charge in [0.2, 0.25) is 0 Å². The van der Waals surface area contributed by atoms with Gasteiger partial charge in [-0.2, -0.15) is 0 Å². The first-order chi connectivity index (χ1) is 15.4. The third-order valence-corrected chi connectivity index (χ3v) is 5.04. The second-order valence-electron chi connectivity index (χ2n) is 7.83. The Kier molecular flexibility index (Phi) is 7.53. The Bertz CT molecular complexity index is 996. The molecule has 0 aromatic heterocycles. The van der Waals surface area contributed by atoms with Gasteiger partial charge >= 0.3 is 0 Å². The van der Waals surface area contributed by atoms with E-state index in [0.29, 0.717) is 35.6 Å². The maximum Gasteiger partial charge on any atom is 0.295 e. The molecule has 1 unspecified atom stereocenters. The van der Waals surface area contributed by atoms with E-state index in [1.54, 1.807) is 48.5 Å². The minimum Gasteiger partial charge on any atom is -0.507 e. The number of ketones is 1. The van der Waals surface area contributed by atoms with Crippen LogP contribution in [-0.2, 0) is 9.59 Å². The number of nitrogens with zero attached hydrogens (tertiary/aromatic N) is 1. The smallest absolute Gasteiger partial charge is 0.295 e. The maximum absolute atomic E-state index is 13.0. The third-order valence-electron chi connectivity index (χ3n) is 5.04. The molecule has 32 heavy (non-hydrogen) atoms. The highest BCUT2D eigenvalue weighted by Gasteiger charge is 2.45. The lowest BCUT2D eigenvalue weighted by Gasteiger charge is -2.25. The summed E-state index contributed by atoms with van der Waals surface area (Å²) in [6.07, 6.45) is 0.667. The summed E-state index contributed by atoms with van der Waals surface area (Å²) in [7, 11) is 0. The molecule has 0 bridgehead atoms. The molecule has 2 N–H and O–H groups in total. The van der Waals surface area contributed by atoms with Gasteiger partial charge in [0.1, 0.15) is 23.9 Å². The van der Waals surface area contributed by atoms with Gasteiger partial charge in [0, 0.05) is 12.1 Å². The van der Waals surface area contributed by atoms with Crippen molar-refractivity contribution in [2.24, 2.45) is 0 Å². The van der Waals surface area contributed by atoms with Gasteiger partial charge in [-0.3, -0.25) is 9.59 Å². The van der Waals surface area contributed by atoms with Gasteiger partial charge in [0.05, 0.1) is 24.3 Å². The summed E-state index contributed by atoms with van der Waals surface area (Å²) < 4.78 is 11.1. The Hall–Kier alpha value is -3.32. The van der Waals surface area contributed by atoms with Crippen molar-refractivity contribution in [3.05, 3.63) is 65.2 Å². The fourth-order valence-electron chi connectivity index (χ4n) is 3.76. The van der Waals surface area contributed by atoms with Crippen molar-refractivity contribution >= 4 is 17.4 Å². The number of carbonyl (C=O) groups excluding carboxylic acids is 2. The van der Waals surface area contributed by atoms with Crippen LogP contribution in [0.1, 0.15) is 44.4 Å². The van der Waals surface area contributed by atoms with Crippen molar-refractivity contribution in [1.29, 1.82) is 0 Å². The van der Waals surface area contributed by atoms with E-state index in [0.717, 1.165) is 0 Å². The summed E-state index contributed by atoms with van der Waals surface area (Å²) in [6, 6.07) is 13.0. The number of aliphatic hydroxyl groups is 2. The van der Waals surface area contributed by atoms with Crippen molar-refractivity contribution in [2.75, 3.05) is 19.8 Å². The molecular formula is C25H29NO6. The Morgan fingerprint density at radius 2 is 1.81 bits per heavy atom. The molecule has 7 nitrogen and oxygen atoms in total. The van der Waals surface area contributed by atoms with Crippen LogP contribution >= 0.6 is 0 Å². The average molecular weight is 440 g/mol. The highest BCUT2D eigenvalue weighted by Crippen LogP contribution is 2.40. The summed E-state index contributed by atoms with van der Waals surface area (Å²) in [5, 5.41) is 20.1. The van der Waals surface area contributed by atoms with E-state index in [4.69, 9.17) is 14.6 Å². The van der Waals surface area contributed by atoms with E-state index in [1.807, 2.05) is 20.8 Å². The van der Waals surface area contributed by atoms with Crippen LogP contribution in [0.25, 0.3) is 5.76 Å². The third kappa shape index (κ3) is 4.94. The van der Waals surface area contributed by atoms with Gasteiger partial charge in [-0.25, -0.2) is 0 Å². The zero-order chi connectivity index (χ0) is 23.3. The van der Waals surface area contributed by atoms with Gasteiger partial charge in [-0.15, -0.1) is 0 Å². The van der Waals surface area contributed by atoms with Crippen molar-refractivity contribution in [1.82, 2.24) is 4.90 Å². The van der Waals surface area contributed by atoms with Crippen LogP contribution in [0.4, 0.5) is 0 Å². The van der Waals surface area contributed by atoms with E-state index in [9.17, 15) is 14.7 Å². The average Bonchev–Trinajstić information content (AvgIpc) is 3.03. The summed E-state index contributed by atoms with van der Waals surface area (Å²) in [5.74, 6) is -0.434. The van der Waals surface area contributed by atoms with Crippen LogP contribution in [0.5, 0.6) is 11.5 Å². The lowest BCUT2D eigenvalue weighted by molar-refractivity contribution is -0.139. The van der Waals surface area contributed by atoms with Crippen LogP contribution in [-0.4, -0.2) is 52.7 Å². The molecule has 1 atom stereocenters. The van der Waals surface area contributed by atoms with Crippen molar-refractivity contribution in [3.8, 4) is 11.5 Å². The first-order valence-electron chi connectivity index (χ1n) is 10.8. The molecule has 0 saturated carbocycles. The summed E-state index contributed by atoms with van der Waals surface area (Å²) in [5.41, 5.74) is 1.11. The lowest BCUT2D eigenvalue weighted by Crippen LogP contribution is -2.30. The molecule has 1 aliphatic rings. The monoisotopic (exact) mass is 439 g/mol. The number of rotatable bonds is 9. The van der Waals surface area contributed by atoms with Crippen LogP contribution in [0.3, 0.4) is 0 Å². The minimum absolute atomic E-state index is 0.00847. The quantitative estimate of drug-likeness (QED) is 0.352. The van der Waals surface area contributed by atoms with Gasteiger partial charge in [-0.05, 0) is 62.2 Å². The second-order valence-corrected chi connectivity index (χ2v) is 7.83. The standard InChI is InChI=1S/C25H29NO6/c1-4-12-26-22(18-6-5-7-20(15-18)31-14-13-27)21(24(29)25(26)30)23(28)17-8-10-19(11-9-17)32-16(2)3/h5-11,15-16,22,27-28H,4,12-14H2,1-3H3/b23-21-. The first kappa shape index (κ1) is 23.3. The molecule has 0 aliphatic carbocycles. The Balaban J connectivity index is 2.07. The molecule has 1 saturated heterocycles. The van der Waals surface area contributed by atoms with Crippen LogP contribution in [0.2, 0.25) is 0 Å². The molecule has 170 valence electrons. The Labute approximate surface area is 187 Å². The molecule has 3 rings (SSSR count).